The first kappa shape index (κ1) is 16.6. The number of nitrogens with zero attached hydrogens (tertiary/aromatic N) is 4. The molecule has 0 radical (unpaired) electrons. The molecule has 4 rings (SSSR count). The highest BCUT2D eigenvalue weighted by Gasteiger charge is 2.52. The van der Waals surface area contributed by atoms with E-state index >= 15 is 0 Å². The molecule has 1 aromatic carbocycles. The maximum Gasteiger partial charge on any atom is 0.238 e. The van der Waals surface area contributed by atoms with Gasteiger partial charge in [-0.2, -0.15) is 5.10 Å². The lowest BCUT2D eigenvalue weighted by molar-refractivity contribution is -0.120. The molecule has 134 valence electrons. The number of anilines is 1. The van der Waals surface area contributed by atoms with Gasteiger partial charge >= 0.3 is 0 Å². The van der Waals surface area contributed by atoms with Crippen LogP contribution >= 0.6 is 0 Å². The number of benzene rings is 1. The first-order valence-electron chi connectivity index (χ1n) is 8.80. The Balaban J connectivity index is 1.53. The number of carbonyl (C=O) groups is 1. The van der Waals surface area contributed by atoms with E-state index in [9.17, 15) is 4.79 Å². The van der Waals surface area contributed by atoms with E-state index in [4.69, 9.17) is 4.52 Å². The number of rotatable bonds is 5. The van der Waals surface area contributed by atoms with E-state index in [1.54, 1.807) is 11.9 Å². The van der Waals surface area contributed by atoms with Gasteiger partial charge in [0.05, 0.1) is 17.7 Å². The minimum absolute atomic E-state index is 0.103. The first-order valence-corrected chi connectivity index (χ1v) is 8.80. The molecule has 1 fully saturated rings. The van der Waals surface area contributed by atoms with Gasteiger partial charge in [-0.15, -0.1) is 0 Å². The first-order chi connectivity index (χ1) is 12.5. The molecule has 6 heteroatoms. The zero-order chi connectivity index (χ0) is 18.3. The molecule has 0 atom stereocenters. The van der Waals surface area contributed by atoms with E-state index in [0.29, 0.717) is 12.4 Å². The van der Waals surface area contributed by atoms with Crippen LogP contribution in [0.5, 0.6) is 0 Å². The molecule has 0 aliphatic heterocycles. The van der Waals surface area contributed by atoms with E-state index in [-0.39, 0.29) is 11.3 Å². The molecule has 3 aromatic rings. The molecule has 1 aliphatic rings. The number of carbonyl (C=O) groups excluding carboxylic acids is 1. The van der Waals surface area contributed by atoms with Crippen molar-refractivity contribution in [1.82, 2.24) is 14.9 Å². The molecule has 0 N–H and O–H groups in total. The summed E-state index contributed by atoms with van der Waals surface area (Å²) in [5.41, 5.74) is 2.59. The molecule has 1 aliphatic carbocycles. The fourth-order valence-electron chi connectivity index (χ4n) is 3.44. The van der Waals surface area contributed by atoms with Crippen molar-refractivity contribution in [1.29, 1.82) is 0 Å². The van der Waals surface area contributed by atoms with Crippen LogP contribution in [0.4, 0.5) is 5.82 Å². The minimum Gasteiger partial charge on any atom is -0.361 e. The number of hydrogen-bond donors (Lipinski definition) is 0. The highest BCUT2D eigenvalue weighted by Crippen LogP contribution is 2.49. The van der Waals surface area contributed by atoms with E-state index < -0.39 is 0 Å². The van der Waals surface area contributed by atoms with E-state index in [1.165, 1.54) is 0 Å². The molecular formula is C20H22N4O2. The van der Waals surface area contributed by atoms with Crippen LogP contribution in [-0.4, -0.2) is 27.9 Å². The fourth-order valence-corrected chi connectivity index (χ4v) is 3.44. The number of amides is 1. The number of hydrogen-bond acceptors (Lipinski definition) is 4. The van der Waals surface area contributed by atoms with Gasteiger partial charge in [0, 0.05) is 24.9 Å². The zero-order valence-electron chi connectivity index (χ0n) is 15.3. The van der Waals surface area contributed by atoms with Crippen molar-refractivity contribution in [2.45, 2.75) is 38.6 Å². The smallest absolute Gasteiger partial charge is 0.238 e. The average Bonchev–Trinajstić information content (AvgIpc) is 3.25. The number of aromatic nitrogens is 3. The van der Waals surface area contributed by atoms with Crippen molar-refractivity contribution < 1.29 is 9.32 Å². The van der Waals surface area contributed by atoms with Gasteiger partial charge in [-0.05, 0) is 32.3 Å². The Labute approximate surface area is 152 Å². The summed E-state index contributed by atoms with van der Waals surface area (Å²) in [5, 5.41) is 8.55. The van der Waals surface area contributed by atoms with Crippen LogP contribution in [-0.2, 0) is 16.8 Å². The normalized spacial score (nSPS) is 15.0. The molecule has 26 heavy (non-hydrogen) atoms. The highest BCUT2D eigenvalue weighted by molar-refractivity contribution is 6.02. The second-order valence-corrected chi connectivity index (χ2v) is 6.99. The lowest BCUT2D eigenvalue weighted by atomic mass is 9.94. The third kappa shape index (κ3) is 2.71. The summed E-state index contributed by atoms with van der Waals surface area (Å²) >= 11 is 0. The lowest BCUT2D eigenvalue weighted by Gasteiger charge is -2.22. The predicted octanol–water partition coefficient (Wildman–Crippen LogP) is 3.23. The molecule has 0 bridgehead atoms. The topological polar surface area (TPSA) is 64.2 Å². The van der Waals surface area contributed by atoms with Crippen molar-refractivity contribution in [3.8, 4) is 0 Å². The van der Waals surface area contributed by atoms with Crippen molar-refractivity contribution >= 4 is 11.7 Å². The van der Waals surface area contributed by atoms with Crippen molar-refractivity contribution in [3.63, 3.8) is 0 Å². The van der Waals surface area contributed by atoms with Crippen molar-refractivity contribution in [3.05, 3.63) is 65.2 Å². The van der Waals surface area contributed by atoms with E-state index in [0.717, 1.165) is 35.4 Å². The highest BCUT2D eigenvalue weighted by atomic mass is 16.5. The minimum atomic E-state index is -0.387. The number of likely N-dealkylation sites (N-methyl/N-ethyl adjacent to an activating group) is 1. The van der Waals surface area contributed by atoms with E-state index in [2.05, 4.69) is 10.3 Å². The van der Waals surface area contributed by atoms with Gasteiger partial charge in [0.2, 0.25) is 5.91 Å². The van der Waals surface area contributed by atoms with Crippen molar-refractivity contribution in [2.24, 2.45) is 0 Å². The van der Waals surface area contributed by atoms with Gasteiger partial charge in [-0.1, -0.05) is 35.5 Å². The van der Waals surface area contributed by atoms with Gasteiger partial charge in [0.1, 0.15) is 5.76 Å². The molecule has 0 unspecified atom stereocenters. The molecule has 0 saturated heterocycles. The molecule has 2 aromatic heterocycles. The molecule has 1 saturated carbocycles. The van der Waals surface area contributed by atoms with Crippen LogP contribution in [0, 0.1) is 13.8 Å². The number of aryl methyl sites for hydroxylation is 2. The molecule has 2 heterocycles. The Hall–Kier alpha value is -2.89. The summed E-state index contributed by atoms with van der Waals surface area (Å²) in [6, 6.07) is 11.9. The van der Waals surface area contributed by atoms with Crippen LogP contribution in [0.1, 0.15) is 35.4 Å². The van der Waals surface area contributed by atoms with Gasteiger partial charge in [-0.3, -0.25) is 14.4 Å². The Morgan fingerprint density at radius 3 is 2.58 bits per heavy atom. The Morgan fingerprint density at radius 1 is 1.23 bits per heavy atom. The maximum absolute atomic E-state index is 13.1. The third-order valence-corrected chi connectivity index (χ3v) is 5.26. The quantitative estimate of drug-likeness (QED) is 0.709. The summed E-state index contributed by atoms with van der Waals surface area (Å²) < 4.78 is 7.02. The second-order valence-electron chi connectivity index (χ2n) is 6.99. The van der Waals surface area contributed by atoms with Crippen LogP contribution < -0.4 is 4.90 Å². The molecular weight excluding hydrogens is 328 g/mol. The third-order valence-electron chi connectivity index (χ3n) is 5.26. The fraction of sp³-hybridized carbons (Fsp3) is 0.350. The Kier molecular flexibility index (Phi) is 3.90. The summed E-state index contributed by atoms with van der Waals surface area (Å²) in [4.78, 5) is 14.8. The largest absolute Gasteiger partial charge is 0.361 e. The molecule has 1 amide bonds. The van der Waals surface area contributed by atoms with Crippen LogP contribution in [0.25, 0.3) is 0 Å². The summed E-state index contributed by atoms with van der Waals surface area (Å²) in [6.07, 6.45) is 3.66. The van der Waals surface area contributed by atoms with Gasteiger partial charge in [0.25, 0.3) is 0 Å². The predicted molar refractivity (Wildman–Crippen MR) is 98.1 cm³/mol. The lowest BCUT2D eigenvalue weighted by Crippen LogP contribution is -2.36. The second kappa shape index (κ2) is 6.12. The Bertz CT molecular complexity index is 918. The van der Waals surface area contributed by atoms with Crippen LogP contribution in [0.2, 0.25) is 0 Å². The summed E-state index contributed by atoms with van der Waals surface area (Å²) in [5.74, 6) is 1.56. The van der Waals surface area contributed by atoms with E-state index in [1.807, 2.05) is 61.1 Å². The monoisotopic (exact) mass is 350 g/mol. The van der Waals surface area contributed by atoms with Crippen molar-refractivity contribution in [2.75, 3.05) is 11.9 Å². The van der Waals surface area contributed by atoms with Gasteiger partial charge in [-0.25, -0.2) is 0 Å². The van der Waals surface area contributed by atoms with Crippen LogP contribution in [0.3, 0.4) is 0 Å². The SMILES string of the molecule is Cc1noc(C)c1Cn1ccc(N(C)C(=O)C2(c3ccccc3)CC2)n1. The average molecular weight is 350 g/mol. The standard InChI is InChI=1S/C20H22N4O2/c1-14-17(15(2)26-22-14)13-24-12-9-18(21-24)23(3)19(25)20(10-11-20)16-7-5-4-6-8-16/h4-9,12H,10-11,13H2,1-3H3. The zero-order valence-corrected chi connectivity index (χ0v) is 15.3. The van der Waals surface area contributed by atoms with Crippen LogP contribution in [0.15, 0.2) is 47.1 Å². The van der Waals surface area contributed by atoms with Gasteiger partial charge < -0.3 is 4.52 Å². The summed E-state index contributed by atoms with van der Waals surface area (Å²) in [7, 11) is 1.80. The molecule has 0 spiro atoms. The maximum atomic E-state index is 13.1. The Morgan fingerprint density at radius 2 is 1.96 bits per heavy atom. The van der Waals surface area contributed by atoms with Gasteiger partial charge in [0.15, 0.2) is 5.82 Å². The summed E-state index contributed by atoms with van der Waals surface area (Å²) in [6.45, 7) is 4.39. The molecule has 6 nitrogen and oxygen atoms in total.